The first-order valence-electron chi connectivity index (χ1n) is 7.44. The highest BCUT2D eigenvalue weighted by Crippen LogP contribution is 2.26. The Balaban J connectivity index is 2.03. The summed E-state index contributed by atoms with van der Waals surface area (Å²) in [5, 5.41) is 18.8. The van der Waals surface area contributed by atoms with Crippen LogP contribution in [0.3, 0.4) is 0 Å². The molecule has 0 aromatic heterocycles. The molecule has 2 amide bonds. The predicted octanol–water partition coefficient (Wildman–Crippen LogP) is 1.14. The fraction of sp³-hybridized carbons (Fsp3) is 0.857. The number of urea groups is 1. The number of hydrogen-bond donors (Lipinski definition) is 2. The number of piperidine rings is 1. The molecule has 6 nitrogen and oxygen atoms in total. The first kappa shape index (κ1) is 15.1. The van der Waals surface area contributed by atoms with Gasteiger partial charge in [0.1, 0.15) is 6.54 Å². The van der Waals surface area contributed by atoms with Crippen molar-refractivity contribution in [3.05, 3.63) is 0 Å². The molecule has 0 aromatic carbocycles. The fourth-order valence-corrected chi connectivity index (χ4v) is 3.20. The average molecular weight is 284 g/mol. The first-order chi connectivity index (χ1) is 9.49. The third-order valence-electron chi connectivity index (χ3n) is 4.45. The van der Waals surface area contributed by atoms with Gasteiger partial charge in [0, 0.05) is 19.1 Å². The summed E-state index contributed by atoms with van der Waals surface area (Å²) in [5.41, 5.74) is 0. The number of hydrogen-bond acceptors (Lipinski definition) is 3. The van der Waals surface area contributed by atoms with E-state index in [1.165, 1.54) is 4.90 Å². The Morgan fingerprint density at radius 3 is 2.45 bits per heavy atom. The molecule has 0 bridgehead atoms. The van der Waals surface area contributed by atoms with Gasteiger partial charge in [-0.2, -0.15) is 0 Å². The molecule has 0 radical (unpaired) electrons. The van der Waals surface area contributed by atoms with Gasteiger partial charge >= 0.3 is 12.0 Å². The van der Waals surface area contributed by atoms with Crippen molar-refractivity contribution < 1.29 is 19.8 Å². The second kappa shape index (κ2) is 6.43. The van der Waals surface area contributed by atoms with Crippen LogP contribution in [-0.2, 0) is 4.79 Å². The molecule has 6 heteroatoms. The number of carbonyl (C=O) groups excluding carboxylic acids is 1. The lowest BCUT2D eigenvalue weighted by molar-refractivity contribution is -0.138. The summed E-state index contributed by atoms with van der Waals surface area (Å²) in [7, 11) is 0. The molecular weight excluding hydrogens is 260 g/mol. The zero-order valence-corrected chi connectivity index (χ0v) is 12.0. The van der Waals surface area contributed by atoms with Gasteiger partial charge in [-0.1, -0.05) is 19.8 Å². The van der Waals surface area contributed by atoms with E-state index in [9.17, 15) is 14.7 Å². The second-order valence-corrected chi connectivity index (χ2v) is 6.02. The van der Waals surface area contributed by atoms with Crippen molar-refractivity contribution in [3.8, 4) is 0 Å². The van der Waals surface area contributed by atoms with Gasteiger partial charge in [-0.3, -0.25) is 4.79 Å². The van der Waals surface area contributed by atoms with Crippen LogP contribution in [0.15, 0.2) is 0 Å². The number of carbonyl (C=O) groups is 2. The number of aliphatic hydroxyl groups excluding tert-OH is 1. The van der Waals surface area contributed by atoms with Crippen molar-refractivity contribution in [1.82, 2.24) is 9.80 Å². The van der Waals surface area contributed by atoms with E-state index in [1.807, 2.05) is 6.92 Å². The summed E-state index contributed by atoms with van der Waals surface area (Å²) in [4.78, 5) is 26.8. The van der Waals surface area contributed by atoms with Crippen LogP contribution >= 0.6 is 0 Å². The molecular formula is C14H24N2O4. The van der Waals surface area contributed by atoms with Crippen molar-refractivity contribution >= 4 is 12.0 Å². The van der Waals surface area contributed by atoms with Crippen LogP contribution in [-0.4, -0.2) is 63.8 Å². The Hall–Kier alpha value is -1.30. The zero-order chi connectivity index (χ0) is 14.7. The average Bonchev–Trinajstić information content (AvgIpc) is 2.92. The van der Waals surface area contributed by atoms with E-state index in [2.05, 4.69) is 0 Å². The standard InChI is InChI=1S/C14H24N2O4/c1-10-8-15(7-6-12(10)17)14(20)16(9-13(18)19)11-4-2-3-5-11/h10-12,17H,2-9H2,1H3,(H,18,19). The van der Waals surface area contributed by atoms with Crippen molar-refractivity contribution in [2.75, 3.05) is 19.6 Å². The molecule has 1 aliphatic heterocycles. The third-order valence-corrected chi connectivity index (χ3v) is 4.45. The third kappa shape index (κ3) is 3.42. The van der Waals surface area contributed by atoms with E-state index in [0.29, 0.717) is 19.5 Å². The number of aliphatic hydroxyl groups is 1. The van der Waals surface area contributed by atoms with Gasteiger partial charge in [-0.25, -0.2) is 4.79 Å². The SMILES string of the molecule is CC1CN(C(=O)N(CC(=O)O)C2CCCC2)CCC1O. The molecule has 114 valence electrons. The van der Waals surface area contributed by atoms with Crippen molar-refractivity contribution in [2.45, 2.75) is 51.2 Å². The molecule has 1 saturated carbocycles. The molecule has 2 atom stereocenters. The van der Waals surface area contributed by atoms with Gasteiger partial charge in [0.25, 0.3) is 0 Å². The largest absolute Gasteiger partial charge is 0.480 e. The lowest BCUT2D eigenvalue weighted by atomic mass is 9.97. The van der Waals surface area contributed by atoms with E-state index < -0.39 is 5.97 Å². The van der Waals surface area contributed by atoms with Gasteiger partial charge in [-0.15, -0.1) is 0 Å². The van der Waals surface area contributed by atoms with E-state index in [4.69, 9.17) is 5.11 Å². The molecule has 2 N–H and O–H groups in total. The summed E-state index contributed by atoms with van der Waals surface area (Å²) < 4.78 is 0. The maximum absolute atomic E-state index is 12.6. The van der Waals surface area contributed by atoms with Crippen molar-refractivity contribution in [2.24, 2.45) is 5.92 Å². The van der Waals surface area contributed by atoms with Crippen molar-refractivity contribution in [3.63, 3.8) is 0 Å². The number of rotatable bonds is 3. The van der Waals surface area contributed by atoms with E-state index in [1.54, 1.807) is 4.90 Å². The van der Waals surface area contributed by atoms with E-state index in [0.717, 1.165) is 25.7 Å². The van der Waals surface area contributed by atoms with Crippen LogP contribution in [0.2, 0.25) is 0 Å². The highest BCUT2D eigenvalue weighted by atomic mass is 16.4. The minimum absolute atomic E-state index is 0.0444. The lowest BCUT2D eigenvalue weighted by Gasteiger charge is -2.39. The number of carboxylic acids is 1. The molecule has 20 heavy (non-hydrogen) atoms. The molecule has 2 unspecified atom stereocenters. The Kier molecular flexibility index (Phi) is 4.86. The monoisotopic (exact) mass is 284 g/mol. The topological polar surface area (TPSA) is 81.1 Å². The number of likely N-dealkylation sites (tertiary alicyclic amines) is 1. The summed E-state index contributed by atoms with van der Waals surface area (Å²) in [5.74, 6) is -0.918. The predicted molar refractivity (Wildman–Crippen MR) is 73.4 cm³/mol. The Morgan fingerprint density at radius 2 is 1.90 bits per heavy atom. The molecule has 1 heterocycles. The minimum atomic E-state index is -0.963. The van der Waals surface area contributed by atoms with Gasteiger partial charge in [-0.05, 0) is 25.2 Å². The minimum Gasteiger partial charge on any atom is -0.480 e. The highest BCUT2D eigenvalue weighted by molar-refractivity contribution is 5.80. The normalized spacial score (nSPS) is 27.6. The second-order valence-electron chi connectivity index (χ2n) is 6.02. The molecule has 2 fully saturated rings. The van der Waals surface area contributed by atoms with Crippen LogP contribution in [0.4, 0.5) is 4.79 Å². The van der Waals surface area contributed by atoms with Crippen LogP contribution in [0, 0.1) is 5.92 Å². The summed E-state index contributed by atoms with van der Waals surface area (Å²) in [6.07, 6.45) is 4.11. The van der Waals surface area contributed by atoms with Crippen LogP contribution < -0.4 is 0 Å². The maximum atomic E-state index is 12.6. The van der Waals surface area contributed by atoms with Gasteiger partial charge in [0.2, 0.25) is 0 Å². The lowest BCUT2D eigenvalue weighted by Crippen LogP contribution is -2.53. The van der Waals surface area contributed by atoms with Gasteiger partial charge < -0.3 is 20.0 Å². The highest BCUT2D eigenvalue weighted by Gasteiger charge is 2.34. The number of amides is 2. The molecule has 2 aliphatic rings. The maximum Gasteiger partial charge on any atom is 0.323 e. The van der Waals surface area contributed by atoms with E-state index >= 15 is 0 Å². The molecule has 1 saturated heterocycles. The van der Waals surface area contributed by atoms with Crippen LogP contribution in [0.5, 0.6) is 0 Å². The van der Waals surface area contributed by atoms with E-state index in [-0.39, 0.29) is 30.6 Å². The fourth-order valence-electron chi connectivity index (χ4n) is 3.20. The number of carboxylic acid groups (broad SMARTS) is 1. The molecule has 1 aliphatic carbocycles. The van der Waals surface area contributed by atoms with Gasteiger partial charge in [0.15, 0.2) is 0 Å². The van der Waals surface area contributed by atoms with Crippen molar-refractivity contribution in [1.29, 1.82) is 0 Å². The molecule has 0 spiro atoms. The Morgan fingerprint density at radius 1 is 1.25 bits per heavy atom. The quantitative estimate of drug-likeness (QED) is 0.814. The summed E-state index contributed by atoms with van der Waals surface area (Å²) in [6.45, 7) is 2.70. The smallest absolute Gasteiger partial charge is 0.323 e. The number of aliphatic carboxylic acids is 1. The van der Waals surface area contributed by atoms with Crippen LogP contribution in [0.1, 0.15) is 39.0 Å². The summed E-state index contributed by atoms with van der Waals surface area (Å²) >= 11 is 0. The molecule has 2 rings (SSSR count). The Labute approximate surface area is 119 Å². The number of nitrogens with zero attached hydrogens (tertiary/aromatic N) is 2. The molecule has 0 aromatic rings. The van der Waals surface area contributed by atoms with Gasteiger partial charge in [0.05, 0.1) is 6.10 Å². The van der Waals surface area contributed by atoms with Crippen LogP contribution in [0.25, 0.3) is 0 Å². The Bertz CT molecular complexity index is 368. The zero-order valence-electron chi connectivity index (χ0n) is 12.0. The first-order valence-corrected chi connectivity index (χ1v) is 7.44. The summed E-state index contributed by atoms with van der Waals surface area (Å²) in [6, 6.07) is -0.126.